The van der Waals surface area contributed by atoms with Crippen molar-refractivity contribution >= 4 is 33.0 Å². The number of thiophene rings is 1. The molecule has 0 saturated carbocycles. The molecule has 3 aromatic rings. The molecule has 0 N–H and O–H groups in total. The first kappa shape index (κ1) is 19.6. The second kappa shape index (κ2) is 7.96. The van der Waals surface area contributed by atoms with E-state index in [0.717, 1.165) is 33.9 Å². The fourth-order valence-corrected chi connectivity index (χ4v) is 6.42. The van der Waals surface area contributed by atoms with E-state index in [2.05, 4.69) is 5.10 Å². The molecule has 1 aliphatic rings. The third-order valence-electron chi connectivity index (χ3n) is 4.78. The summed E-state index contributed by atoms with van der Waals surface area (Å²) in [4.78, 5) is 0. The highest BCUT2D eigenvalue weighted by molar-refractivity contribution is 7.91. The smallest absolute Gasteiger partial charge is 0.252 e. The number of aromatic nitrogens is 2. The minimum atomic E-state index is -3.57. The van der Waals surface area contributed by atoms with E-state index in [0.29, 0.717) is 37.1 Å². The van der Waals surface area contributed by atoms with E-state index in [9.17, 15) is 8.42 Å². The van der Waals surface area contributed by atoms with Crippen molar-refractivity contribution in [3.63, 3.8) is 0 Å². The molecule has 0 unspecified atom stereocenters. The molecule has 0 bridgehead atoms. The number of ether oxygens (including phenoxy) is 1. The summed E-state index contributed by atoms with van der Waals surface area (Å²) in [5.74, 6) is 0. The molecule has 1 aromatic carbocycles. The minimum Gasteiger partial charge on any atom is -0.370 e. The lowest BCUT2D eigenvalue weighted by atomic mass is 10.1. The fourth-order valence-electron chi connectivity index (χ4n) is 3.37. The zero-order valence-corrected chi connectivity index (χ0v) is 17.7. The maximum absolute atomic E-state index is 12.9. The molecule has 28 heavy (non-hydrogen) atoms. The van der Waals surface area contributed by atoms with E-state index in [1.807, 2.05) is 42.1 Å². The quantitative estimate of drug-likeness (QED) is 0.591. The molecule has 0 saturated heterocycles. The van der Waals surface area contributed by atoms with Crippen LogP contribution < -0.4 is 0 Å². The van der Waals surface area contributed by atoms with Gasteiger partial charge in [-0.2, -0.15) is 9.40 Å². The van der Waals surface area contributed by atoms with Crippen LogP contribution in [0.5, 0.6) is 0 Å². The molecule has 0 radical (unpaired) electrons. The maximum atomic E-state index is 12.9. The van der Waals surface area contributed by atoms with E-state index in [-0.39, 0.29) is 4.21 Å². The number of nitrogens with zero attached hydrogens (tertiary/aromatic N) is 3. The lowest BCUT2D eigenvalue weighted by molar-refractivity contribution is 0.103. The number of halogens is 1. The Morgan fingerprint density at radius 1 is 1.18 bits per heavy atom. The Morgan fingerprint density at radius 3 is 2.68 bits per heavy atom. The van der Waals surface area contributed by atoms with Gasteiger partial charge < -0.3 is 4.74 Å². The second-order valence-corrected chi connectivity index (χ2v) is 10.5. The van der Waals surface area contributed by atoms with Gasteiger partial charge in [-0.1, -0.05) is 41.9 Å². The van der Waals surface area contributed by atoms with E-state index in [1.54, 1.807) is 12.1 Å². The van der Waals surface area contributed by atoms with Crippen molar-refractivity contribution in [3.8, 4) is 0 Å². The van der Waals surface area contributed by atoms with E-state index in [1.165, 1.54) is 4.31 Å². The zero-order valence-electron chi connectivity index (χ0n) is 15.3. The van der Waals surface area contributed by atoms with Crippen molar-refractivity contribution in [2.45, 2.75) is 30.4 Å². The molecule has 4 rings (SSSR count). The van der Waals surface area contributed by atoms with Crippen LogP contribution in [0.3, 0.4) is 0 Å². The first-order valence-corrected chi connectivity index (χ1v) is 11.5. The minimum absolute atomic E-state index is 0.270. The molecule has 1 aliphatic heterocycles. The van der Waals surface area contributed by atoms with Crippen molar-refractivity contribution in [1.29, 1.82) is 0 Å². The monoisotopic (exact) mass is 437 g/mol. The van der Waals surface area contributed by atoms with Crippen LogP contribution in [0.1, 0.15) is 22.5 Å². The number of sulfonamides is 1. The van der Waals surface area contributed by atoms with Crippen molar-refractivity contribution in [2.75, 3.05) is 6.54 Å². The highest BCUT2D eigenvalue weighted by atomic mass is 35.5. The van der Waals surface area contributed by atoms with Crippen LogP contribution in [-0.2, 0) is 48.0 Å². The number of fused-ring (bicyclic) bond motifs is 1. The standard InChI is InChI=1S/C19H20ClN3O3S2/c1-22-17-9-10-23(28(24,25)19-8-7-18(20)27-19)11-15(17)16(21-22)13-26-12-14-5-3-2-4-6-14/h2-8H,9-13H2,1H3. The Hall–Kier alpha value is -1.71. The van der Waals surface area contributed by atoms with Crippen LogP contribution in [0.15, 0.2) is 46.7 Å². The van der Waals surface area contributed by atoms with Gasteiger partial charge in [0.15, 0.2) is 0 Å². The molecule has 2 aromatic heterocycles. The summed E-state index contributed by atoms with van der Waals surface area (Å²) in [6.07, 6.45) is 0.621. The summed E-state index contributed by atoms with van der Waals surface area (Å²) in [5, 5.41) is 4.57. The highest BCUT2D eigenvalue weighted by Gasteiger charge is 2.32. The van der Waals surface area contributed by atoms with Gasteiger partial charge in [0, 0.05) is 37.8 Å². The number of aryl methyl sites for hydroxylation is 1. The van der Waals surface area contributed by atoms with Gasteiger partial charge in [0.2, 0.25) is 0 Å². The third kappa shape index (κ3) is 3.88. The molecule has 3 heterocycles. The number of benzene rings is 1. The fraction of sp³-hybridized carbons (Fsp3) is 0.316. The van der Waals surface area contributed by atoms with Gasteiger partial charge in [0.1, 0.15) is 4.21 Å². The molecule has 9 heteroatoms. The van der Waals surface area contributed by atoms with Gasteiger partial charge in [0.05, 0.1) is 23.2 Å². The largest absolute Gasteiger partial charge is 0.370 e. The maximum Gasteiger partial charge on any atom is 0.252 e. The Labute approximate surface area is 173 Å². The zero-order chi connectivity index (χ0) is 19.7. The first-order valence-electron chi connectivity index (χ1n) is 8.86. The first-order chi connectivity index (χ1) is 13.4. The third-order valence-corrected chi connectivity index (χ3v) is 8.33. The highest BCUT2D eigenvalue weighted by Crippen LogP contribution is 2.32. The normalized spacial score (nSPS) is 14.9. The molecule has 0 aliphatic carbocycles. The predicted molar refractivity (Wildman–Crippen MR) is 109 cm³/mol. The Balaban J connectivity index is 1.51. The van der Waals surface area contributed by atoms with Crippen molar-refractivity contribution in [1.82, 2.24) is 14.1 Å². The molecule has 0 fully saturated rings. The van der Waals surface area contributed by atoms with Gasteiger partial charge in [-0.3, -0.25) is 4.68 Å². The average Bonchev–Trinajstić information content (AvgIpc) is 3.27. The van der Waals surface area contributed by atoms with Crippen LogP contribution in [0.25, 0.3) is 0 Å². The van der Waals surface area contributed by atoms with Gasteiger partial charge >= 0.3 is 0 Å². The van der Waals surface area contributed by atoms with E-state index >= 15 is 0 Å². The summed E-state index contributed by atoms with van der Waals surface area (Å²) in [6.45, 7) is 1.55. The number of rotatable bonds is 6. The number of hydrogen-bond donors (Lipinski definition) is 0. The summed E-state index contributed by atoms with van der Waals surface area (Å²) < 4.78 is 35.8. The van der Waals surface area contributed by atoms with Crippen molar-refractivity contribution in [3.05, 3.63) is 69.3 Å². The van der Waals surface area contributed by atoms with E-state index in [4.69, 9.17) is 16.3 Å². The summed E-state index contributed by atoms with van der Waals surface area (Å²) in [6, 6.07) is 13.1. The number of hydrogen-bond acceptors (Lipinski definition) is 5. The predicted octanol–water partition coefficient (Wildman–Crippen LogP) is 3.60. The van der Waals surface area contributed by atoms with Crippen LogP contribution in [0.4, 0.5) is 0 Å². The summed E-state index contributed by atoms with van der Waals surface area (Å²) in [5.41, 5.74) is 3.88. The molecular weight excluding hydrogens is 418 g/mol. The van der Waals surface area contributed by atoms with E-state index < -0.39 is 10.0 Å². The van der Waals surface area contributed by atoms with Crippen LogP contribution in [0.2, 0.25) is 4.34 Å². The van der Waals surface area contributed by atoms with Crippen LogP contribution >= 0.6 is 22.9 Å². The molecular formula is C19H20ClN3O3S2. The van der Waals surface area contributed by atoms with Crippen LogP contribution in [0, 0.1) is 0 Å². The molecule has 0 atom stereocenters. The summed E-state index contributed by atoms with van der Waals surface area (Å²) in [7, 11) is -1.67. The molecule has 0 amide bonds. The lowest BCUT2D eigenvalue weighted by Crippen LogP contribution is -2.36. The van der Waals surface area contributed by atoms with Gasteiger partial charge in [-0.15, -0.1) is 11.3 Å². The summed E-state index contributed by atoms with van der Waals surface area (Å²) >= 11 is 7.01. The van der Waals surface area contributed by atoms with Gasteiger partial charge in [-0.25, -0.2) is 8.42 Å². The molecule has 0 spiro atoms. The van der Waals surface area contributed by atoms with Gasteiger partial charge in [0.25, 0.3) is 10.0 Å². The van der Waals surface area contributed by atoms with Crippen molar-refractivity contribution < 1.29 is 13.2 Å². The SMILES string of the molecule is Cn1nc(COCc2ccccc2)c2c1CCN(S(=O)(=O)c1ccc(Cl)s1)C2. The Bertz CT molecular complexity index is 1080. The second-order valence-electron chi connectivity index (χ2n) is 6.62. The van der Waals surface area contributed by atoms with Crippen molar-refractivity contribution in [2.24, 2.45) is 7.05 Å². The molecule has 6 nitrogen and oxygen atoms in total. The lowest BCUT2D eigenvalue weighted by Gasteiger charge is -2.26. The molecule has 148 valence electrons. The van der Waals surface area contributed by atoms with Gasteiger partial charge in [-0.05, 0) is 17.7 Å². The average molecular weight is 438 g/mol. The topological polar surface area (TPSA) is 64.4 Å². The van der Waals surface area contributed by atoms with Crippen LogP contribution in [-0.4, -0.2) is 29.0 Å². The Morgan fingerprint density at radius 2 is 1.96 bits per heavy atom. The Kier molecular flexibility index (Phi) is 5.57.